The number of aromatic nitrogens is 2. The monoisotopic (exact) mass is 560 g/mol. The Balaban J connectivity index is 0.00000280. The summed E-state index contributed by atoms with van der Waals surface area (Å²) in [6.07, 6.45) is 5.12. The van der Waals surface area contributed by atoms with Gasteiger partial charge >= 0.3 is 0 Å². The van der Waals surface area contributed by atoms with Crippen molar-refractivity contribution in [3.05, 3.63) is 52.3 Å². The molecule has 1 aromatic heterocycles. The smallest absolute Gasteiger partial charge is 0.251 e. The predicted molar refractivity (Wildman–Crippen MR) is 125 cm³/mol. The molecule has 1 atom stereocenters. The van der Waals surface area contributed by atoms with Gasteiger partial charge in [0.25, 0.3) is 5.91 Å². The quantitative estimate of drug-likeness (QED) is 0.255. The van der Waals surface area contributed by atoms with Crippen molar-refractivity contribution in [3.63, 3.8) is 0 Å². The van der Waals surface area contributed by atoms with Gasteiger partial charge in [0, 0.05) is 62.4 Å². The zero-order valence-corrected chi connectivity index (χ0v) is 20.0. The lowest BCUT2D eigenvalue weighted by Crippen LogP contribution is -2.43. The van der Waals surface area contributed by atoms with Gasteiger partial charge in [-0.1, -0.05) is 22.0 Å². The molecule has 1 unspecified atom stereocenters. The molecule has 0 saturated carbocycles. The molecule has 1 aliphatic rings. The number of likely N-dealkylation sites (tertiary alicyclic amines) is 1. The third-order valence-electron chi connectivity index (χ3n) is 4.68. The van der Waals surface area contributed by atoms with Crippen LogP contribution in [-0.4, -0.2) is 59.8 Å². The fourth-order valence-electron chi connectivity index (χ4n) is 3.29. The molecule has 1 amide bonds. The second kappa shape index (κ2) is 10.8. The van der Waals surface area contributed by atoms with Gasteiger partial charge in [-0.3, -0.25) is 14.5 Å². The molecule has 1 saturated heterocycles. The number of guanidine groups is 1. The standard InChI is InChI=1S/C19H25BrN6O.HI/c1-21-19(26-9-6-15(13-26)16-11-24-25(2)12-16)23-8-7-22-18(27)14-4-3-5-17(20)10-14;/h3-5,10-12,15H,6-9,13H2,1-2H3,(H,21,23)(H,22,27);1H. The first-order chi connectivity index (χ1) is 13.1. The van der Waals surface area contributed by atoms with Gasteiger partial charge in [-0.15, -0.1) is 24.0 Å². The van der Waals surface area contributed by atoms with Crippen LogP contribution in [0.1, 0.15) is 28.3 Å². The van der Waals surface area contributed by atoms with Crippen LogP contribution in [-0.2, 0) is 7.05 Å². The van der Waals surface area contributed by atoms with Crippen molar-refractivity contribution in [2.75, 3.05) is 33.2 Å². The lowest BCUT2D eigenvalue weighted by atomic mass is 10.0. The van der Waals surface area contributed by atoms with Crippen molar-refractivity contribution in [1.29, 1.82) is 0 Å². The molecule has 2 N–H and O–H groups in total. The highest BCUT2D eigenvalue weighted by atomic mass is 127. The zero-order chi connectivity index (χ0) is 19.2. The van der Waals surface area contributed by atoms with Gasteiger partial charge in [0.05, 0.1) is 6.20 Å². The summed E-state index contributed by atoms with van der Waals surface area (Å²) >= 11 is 3.38. The van der Waals surface area contributed by atoms with E-state index in [0.29, 0.717) is 24.6 Å². The minimum atomic E-state index is -0.0779. The number of benzene rings is 1. The van der Waals surface area contributed by atoms with Crippen LogP contribution < -0.4 is 10.6 Å². The van der Waals surface area contributed by atoms with Crippen LogP contribution >= 0.6 is 39.9 Å². The van der Waals surface area contributed by atoms with Crippen molar-refractivity contribution in [1.82, 2.24) is 25.3 Å². The number of amides is 1. The zero-order valence-electron chi connectivity index (χ0n) is 16.1. The molecule has 3 rings (SSSR count). The van der Waals surface area contributed by atoms with Crippen LogP contribution in [0.25, 0.3) is 0 Å². The maximum atomic E-state index is 12.2. The Morgan fingerprint density at radius 1 is 1.36 bits per heavy atom. The highest BCUT2D eigenvalue weighted by Gasteiger charge is 2.26. The Morgan fingerprint density at radius 2 is 2.14 bits per heavy atom. The topological polar surface area (TPSA) is 74.6 Å². The summed E-state index contributed by atoms with van der Waals surface area (Å²) in [5.74, 6) is 1.28. The predicted octanol–water partition coefficient (Wildman–Crippen LogP) is 2.60. The first kappa shape index (κ1) is 22.7. The summed E-state index contributed by atoms with van der Waals surface area (Å²) in [6, 6.07) is 7.36. The molecule has 9 heteroatoms. The first-order valence-corrected chi connectivity index (χ1v) is 9.84. The van der Waals surface area contributed by atoms with E-state index in [2.05, 4.69) is 47.8 Å². The SMILES string of the molecule is CN=C(NCCNC(=O)c1cccc(Br)c1)N1CCC(c2cnn(C)c2)C1.I. The van der Waals surface area contributed by atoms with E-state index in [1.807, 2.05) is 36.1 Å². The van der Waals surface area contributed by atoms with E-state index in [-0.39, 0.29) is 29.9 Å². The van der Waals surface area contributed by atoms with E-state index in [0.717, 1.165) is 29.9 Å². The average molecular weight is 561 g/mol. The molecule has 0 bridgehead atoms. The molecule has 2 aromatic rings. The van der Waals surface area contributed by atoms with Crippen molar-refractivity contribution in [2.24, 2.45) is 12.0 Å². The van der Waals surface area contributed by atoms with Crippen molar-refractivity contribution < 1.29 is 4.79 Å². The molecular weight excluding hydrogens is 535 g/mol. The maximum absolute atomic E-state index is 12.2. The highest BCUT2D eigenvalue weighted by molar-refractivity contribution is 14.0. The summed E-state index contributed by atoms with van der Waals surface area (Å²) in [4.78, 5) is 18.8. The van der Waals surface area contributed by atoms with Crippen LogP contribution in [0, 0.1) is 0 Å². The average Bonchev–Trinajstić information content (AvgIpc) is 3.30. The number of hydrogen-bond acceptors (Lipinski definition) is 3. The van der Waals surface area contributed by atoms with E-state index < -0.39 is 0 Å². The summed E-state index contributed by atoms with van der Waals surface area (Å²) in [5.41, 5.74) is 1.92. The van der Waals surface area contributed by atoms with Crippen molar-refractivity contribution in [2.45, 2.75) is 12.3 Å². The minimum absolute atomic E-state index is 0. The van der Waals surface area contributed by atoms with Gasteiger partial charge in [-0.05, 0) is 30.2 Å². The summed E-state index contributed by atoms with van der Waals surface area (Å²) in [6.45, 7) is 3.05. The number of nitrogens with zero attached hydrogens (tertiary/aromatic N) is 4. The van der Waals surface area contributed by atoms with Crippen LogP contribution in [0.15, 0.2) is 46.1 Å². The van der Waals surface area contributed by atoms with Gasteiger partial charge in [-0.25, -0.2) is 0 Å². The molecule has 0 spiro atoms. The van der Waals surface area contributed by atoms with Crippen molar-refractivity contribution in [3.8, 4) is 0 Å². The van der Waals surface area contributed by atoms with Gasteiger partial charge in [-0.2, -0.15) is 5.10 Å². The lowest BCUT2D eigenvalue weighted by Gasteiger charge is -2.21. The second-order valence-corrected chi connectivity index (χ2v) is 7.53. The molecule has 152 valence electrons. The molecule has 1 fully saturated rings. The first-order valence-electron chi connectivity index (χ1n) is 9.04. The lowest BCUT2D eigenvalue weighted by molar-refractivity contribution is 0.0954. The van der Waals surface area contributed by atoms with E-state index in [9.17, 15) is 4.79 Å². The van der Waals surface area contributed by atoms with E-state index >= 15 is 0 Å². The Bertz CT molecular complexity index is 824. The summed E-state index contributed by atoms with van der Waals surface area (Å²) in [7, 11) is 3.74. The molecule has 28 heavy (non-hydrogen) atoms. The van der Waals surface area contributed by atoms with Crippen LogP contribution in [0.2, 0.25) is 0 Å². The Labute approximate surface area is 191 Å². The van der Waals surface area contributed by atoms with Gasteiger partial charge in [0.2, 0.25) is 0 Å². The molecule has 2 heterocycles. The maximum Gasteiger partial charge on any atom is 0.251 e. The number of carbonyl (C=O) groups is 1. The van der Waals surface area contributed by atoms with E-state index in [1.165, 1.54) is 5.56 Å². The third kappa shape index (κ3) is 5.94. The minimum Gasteiger partial charge on any atom is -0.354 e. The molecule has 1 aliphatic heterocycles. The normalized spacial score (nSPS) is 16.6. The van der Waals surface area contributed by atoms with Gasteiger partial charge < -0.3 is 15.5 Å². The summed E-state index contributed by atoms with van der Waals surface area (Å²) < 4.78 is 2.74. The van der Waals surface area contributed by atoms with Crippen LogP contribution in [0.3, 0.4) is 0 Å². The Hall–Kier alpha value is -1.62. The fourth-order valence-corrected chi connectivity index (χ4v) is 3.69. The Kier molecular flexibility index (Phi) is 8.74. The second-order valence-electron chi connectivity index (χ2n) is 6.62. The largest absolute Gasteiger partial charge is 0.354 e. The Morgan fingerprint density at radius 3 is 2.82 bits per heavy atom. The molecule has 1 aromatic carbocycles. The summed E-state index contributed by atoms with van der Waals surface area (Å²) in [5, 5.41) is 10.5. The van der Waals surface area contributed by atoms with E-state index in [1.54, 1.807) is 13.1 Å². The van der Waals surface area contributed by atoms with Gasteiger partial charge in [0.15, 0.2) is 5.96 Å². The van der Waals surface area contributed by atoms with Crippen LogP contribution in [0.4, 0.5) is 0 Å². The number of aliphatic imine (C=N–C) groups is 1. The van der Waals surface area contributed by atoms with Crippen LogP contribution in [0.5, 0.6) is 0 Å². The number of halogens is 2. The highest BCUT2D eigenvalue weighted by Crippen LogP contribution is 2.26. The molecular formula is C19H26BrIN6O. The number of hydrogen-bond donors (Lipinski definition) is 2. The van der Waals surface area contributed by atoms with E-state index in [4.69, 9.17) is 0 Å². The number of carbonyl (C=O) groups excluding carboxylic acids is 1. The van der Waals surface area contributed by atoms with Crippen molar-refractivity contribution >= 4 is 51.8 Å². The number of nitrogens with one attached hydrogen (secondary N) is 2. The molecule has 7 nitrogen and oxygen atoms in total. The fraction of sp³-hybridized carbons (Fsp3) is 0.421. The van der Waals surface area contributed by atoms with Gasteiger partial charge in [0.1, 0.15) is 0 Å². The number of rotatable bonds is 5. The molecule has 0 aliphatic carbocycles. The third-order valence-corrected chi connectivity index (χ3v) is 5.17. The number of aryl methyl sites for hydroxylation is 1. The molecule has 0 radical (unpaired) electrons.